The number of benzene rings is 2. The van der Waals surface area contributed by atoms with Crippen LogP contribution in [0.3, 0.4) is 0 Å². The maximum atomic E-state index is 12.8. The molecule has 0 radical (unpaired) electrons. The van der Waals surface area contributed by atoms with Crippen LogP contribution in [0.15, 0.2) is 53.4 Å². The fraction of sp³-hybridized carbons (Fsp3) is 0.435. The van der Waals surface area contributed by atoms with E-state index < -0.39 is 9.84 Å². The molecule has 5 heteroatoms. The van der Waals surface area contributed by atoms with Gasteiger partial charge in [0.25, 0.3) is 0 Å². The van der Waals surface area contributed by atoms with Crippen molar-refractivity contribution in [2.45, 2.75) is 63.4 Å². The quantitative estimate of drug-likeness (QED) is 0.658. The Hall–Kier alpha value is -2.14. The fourth-order valence-corrected chi connectivity index (χ4v) is 4.47. The molecule has 1 amide bonds. The normalized spacial score (nSPS) is 14.3. The van der Waals surface area contributed by atoms with Crippen molar-refractivity contribution in [2.24, 2.45) is 0 Å². The molecule has 2 aromatic rings. The third-order valence-corrected chi connectivity index (χ3v) is 7.00. The third-order valence-electron chi connectivity index (χ3n) is 5.27. The van der Waals surface area contributed by atoms with Crippen LogP contribution < -0.4 is 0 Å². The summed E-state index contributed by atoms with van der Waals surface area (Å²) in [6, 6.07) is 15.4. The average Bonchev–Trinajstić information content (AvgIpc) is 3.50. The first-order valence-electron chi connectivity index (χ1n) is 9.94. The molecule has 0 saturated heterocycles. The molecule has 0 atom stereocenters. The molecule has 4 nitrogen and oxygen atoms in total. The standard InChI is InChI=1S/C23H29NO3S/c1-17(2)20-8-6-19(7-9-20)16-24(21-10-11-21)23(25)14-15-28(26,27)22-12-4-18(3)5-13-22/h4-9,12-13,17,21H,10-11,14-16H2,1-3H3. The summed E-state index contributed by atoms with van der Waals surface area (Å²) >= 11 is 0. The maximum Gasteiger partial charge on any atom is 0.224 e. The van der Waals surface area contributed by atoms with Gasteiger partial charge in [-0.1, -0.05) is 55.8 Å². The summed E-state index contributed by atoms with van der Waals surface area (Å²) in [5.74, 6) is 0.248. The van der Waals surface area contributed by atoms with Crippen molar-refractivity contribution in [2.75, 3.05) is 5.75 Å². The van der Waals surface area contributed by atoms with E-state index in [-0.39, 0.29) is 29.0 Å². The van der Waals surface area contributed by atoms with Crippen molar-refractivity contribution in [3.05, 3.63) is 65.2 Å². The van der Waals surface area contributed by atoms with E-state index in [9.17, 15) is 13.2 Å². The zero-order valence-electron chi connectivity index (χ0n) is 16.9. The van der Waals surface area contributed by atoms with Crippen LogP contribution in [0, 0.1) is 6.92 Å². The monoisotopic (exact) mass is 399 g/mol. The zero-order valence-corrected chi connectivity index (χ0v) is 17.7. The molecule has 3 rings (SSSR count). The minimum Gasteiger partial charge on any atom is -0.335 e. The fourth-order valence-electron chi connectivity index (χ4n) is 3.24. The second-order valence-electron chi connectivity index (χ2n) is 8.03. The number of sulfone groups is 1. The number of nitrogens with zero attached hydrogens (tertiary/aromatic N) is 1. The molecule has 1 aliphatic carbocycles. The Morgan fingerprint density at radius 2 is 1.64 bits per heavy atom. The molecular formula is C23H29NO3S. The van der Waals surface area contributed by atoms with Gasteiger partial charge < -0.3 is 4.90 Å². The van der Waals surface area contributed by atoms with Crippen molar-refractivity contribution < 1.29 is 13.2 Å². The predicted molar refractivity (Wildman–Crippen MR) is 112 cm³/mol. The van der Waals surface area contributed by atoms with Gasteiger partial charge in [0.2, 0.25) is 5.91 Å². The molecule has 28 heavy (non-hydrogen) atoms. The van der Waals surface area contributed by atoms with E-state index >= 15 is 0 Å². The highest BCUT2D eigenvalue weighted by Crippen LogP contribution is 2.29. The first-order valence-corrected chi connectivity index (χ1v) is 11.6. The molecule has 0 spiro atoms. The Balaban J connectivity index is 1.64. The molecule has 1 aliphatic rings. The van der Waals surface area contributed by atoms with E-state index in [1.54, 1.807) is 24.3 Å². The number of hydrogen-bond acceptors (Lipinski definition) is 3. The summed E-state index contributed by atoms with van der Waals surface area (Å²) in [5.41, 5.74) is 3.38. The van der Waals surface area contributed by atoms with Gasteiger partial charge in [0.1, 0.15) is 0 Å². The van der Waals surface area contributed by atoms with Crippen LogP contribution in [0.4, 0.5) is 0 Å². The number of rotatable bonds is 8. The van der Waals surface area contributed by atoms with Gasteiger partial charge in [0.05, 0.1) is 10.6 Å². The number of aryl methyl sites for hydroxylation is 1. The second kappa shape index (κ2) is 8.48. The minimum absolute atomic E-state index is 0.0246. The maximum absolute atomic E-state index is 12.8. The van der Waals surface area contributed by atoms with Gasteiger partial charge in [0.15, 0.2) is 9.84 Å². The molecule has 0 N–H and O–H groups in total. The predicted octanol–water partition coefficient (Wildman–Crippen LogP) is 4.47. The Morgan fingerprint density at radius 3 is 2.18 bits per heavy atom. The van der Waals surface area contributed by atoms with E-state index in [0.717, 1.165) is 24.0 Å². The first-order chi connectivity index (χ1) is 13.3. The van der Waals surface area contributed by atoms with E-state index in [1.807, 2.05) is 11.8 Å². The van der Waals surface area contributed by atoms with Gasteiger partial charge in [-0.3, -0.25) is 4.79 Å². The summed E-state index contributed by atoms with van der Waals surface area (Å²) in [6.45, 7) is 6.78. The van der Waals surface area contributed by atoms with Gasteiger partial charge in [0, 0.05) is 19.0 Å². The summed E-state index contributed by atoms with van der Waals surface area (Å²) in [4.78, 5) is 14.9. The third kappa shape index (κ3) is 5.22. The molecule has 0 aromatic heterocycles. The Labute approximate surface area is 168 Å². The minimum atomic E-state index is -3.45. The van der Waals surface area contributed by atoms with Crippen LogP contribution in [-0.2, 0) is 21.2 Å². The molecule has 0 unspecified atom stereocenters. The molecule has 2 aromatic carbocycles. The van der Waals surface area contributed by atoms with Crippen LogP contribution in [0.25, 0.3) is 0 Å². The molecule has 0 heterocycles. The lowest BCUT2D eigenvalue weighted by molar-refractivity contribution is -0.132. The summed E-state index contributed by atoms with van der Waals surface area (Å²) in [7, 11) is -3.45. The Bertz CT molecular complexity index is 911. The van der Waals surface area contributed by atoms with Gasteiger partial charge in [-0.05, 0) is 48.9 Å². The topological polar surface area (TPSA) is 54.5 Å². The Morgan fingerprint density at radius 1 is 1.04 bits per heavy atom. The van der Waals surface area contributed by atoms with Gasteiger partial charge >= 0.3 is 0 Å². The Kier molecular flexibility index (Phi) is 6.23. The van der Waals surface area contributed by atoms with E-state index in [0.29, 0.717) is 12.5 Å². The molecule has 150 valence electrons. The van der Waals surface area contributed by atoms with E-state index in [4.69, 9.17) is 0 Å². The molecular weight excluding hydrogens is 370 g/mol. The van der Waals surface area contributed by atoms with Crippen LogP contribution in [0.5, 0.6) is 0 Å². The largest absolute Gasteiger partial charge is 0.335 e. The highest BCUT2D eigenvalue weighted by Gasteiger charge is 2.33. The lowest BCUT2D eigenvalue weighted by Crippen LogP contribution is -2.33. The second-order valence-corrected chi connectivity index (χ2v) is 10.1. The van der Waals surface area contributed by atoms with Crippen molar-refractivity contribution in [3.63, 3.8) is 0 Å². The van der Waals surface area contributed by atoms with Gasteiger partial charge in [-0.25, -0.2) is 8.42 Å². The molecule has 0 aliphatic heterocycles. The highest BCUT2D eigenvalue weighted by atomic mass is 32.2. The summed E-state index contributed by atoms with van der Waals surface area (Å²) in [6.07, 6.45) is 2.03. The lowest BCUT2D eigenvalue weighted by atomic mass is 10.0. The number of carbonyl (C=O) groups is 1. The van der Waals surface area contributed by atoms with E-state index in [1.165, 1.54) is 5.56 Å². The average molecular weight is 400 g/mol. The van der Waals surface area contributed by atoms with Crippen LogP contribution in [0.1, 0.15) is 55.7 Å². The van der Waals surface area contributed by atoms with Gasteiger partial charge in [-0.2, -0.15) is 0 Å². The number of carbonyl (C=O) groups excluding carboxylic acids is 1. The van der Waals surface area contributed by atoms with Crippen molar-refractivity contribution in [1.82, 2.24) is 4.90 Å². The zero-order chi connectivity index (χ0) is 20.3. The van der Waals surface area contributed by atoms with Crippen LogP contribution in [0.2, 0.25) is 0 Å². The number of hydrogen-bond donors (Lipinski definition) is 0. The highest BCUT2D eigenvalue weighted by molar-refractivity contribution is 7.91. The molecule has 1 fully saturated rings. The van der Waals surface area contributed by atoms with Crippen molar-refractivity contribution in [3.8, 4) is 0 Å². The van der Waals surface area contributed by atoms with Gasteiger partial charge in [-0.15, -0.1) is 0 Å². The molecule has 0 bridgehead atoms. The van der Waals surface area contributed by atoms with Crippen LogP contribution in [-0.4, -0.2) is 31.0 Å². The summed E-state index contributed by atoms with van der Waals surface area (Å²) in [5, 5.41) is 0. The SMILES string of the molecule is Cc1ccc(S(=O)(=O)CCC(=O)N(Cc2ccc(C(C)C)cc2)C2CC2)cc1. The lowest BCUT2D eigenvalue weighted by Gasteiger charge is -2.23. The first kappa shape index (κ1) is 20.6. The van der Waals surface area contributed by atoms with Crippen molar-refractivity contribution in [1.29, 1.82) is 0 Å². The molecule has 1 saturated carbocycles. The summed E-state index contributed by atoms with van der Waals surface area (Å²) < 4.78 is 25.1. The number of amides is 1. The van der Waals surface area contributed by atoms with E-state index in [2.05, 4.69) is 38.1 Å². The van der Waals surface area contributed by atoms with Crippen molar-refractivity contribution >= 4 is 15.7 Å². The smallest absolute Gasteiger partial charge is 0.224 e. The van der Waals surface area contributed by atoms with Crippen LogP contribution >= 0.6 is 0 Å².